The van der Waals surface area contributed by atoms with E-state index >= 15 is 0 Å². The summed E-state index contributed by atoms with van der Waals surface area (Å²) in [4.78, 5) is 14.7. The fourth-order valence-electron chi connectivity index (χ4n) is 3.53. The molecule has 0 saturated carbocycles. The number of hydrogen-bond acceptors (Lipinski definition) is 4. The third-order valence-corrected chi connectivity index (χ3v) is 5.03. The average Bonchev–Trinajstić information content (AvgIpc) is 2.72. The summed E-state index contributed by atoms with van der Waals surface area (Å²) in [5.74, 6) is 0.736. The number of amides is 1. The molecular formula is C21H28N4O. The number of benzene rings is 1. The molecule has 26 heavy (non-hydrogen) atoms. The zero-order valence-corrected chi connectivity index (χ0v) is 15.5. The molecule has 1 atom stereocenters. The van der Waals surface area contributed by atoms with Crippen LogP contribution in [0.5, 0.6) is 0 Å². The van der Waals surface area contributed by atoms with Crippen LogP contribution in [0.3, 0.4) is 0 Å². The number of anilines is 1. The number of aryl methyl sites for hydroxylation is 1. The molecule has 1 N–H and O–H groups in total. The number of piperidine rings is 1. The summed E-state index contributed by atoms with van der Waals surface area (Å²) < 4.78 is 0. The third-order valence-electron chi connectivity index (χ3n) is 5.03. The Kier molecular flexibility index (Phi) is 6.58. The molecule has 0 bridgehead atoms. The first-order valence-corrected chi connectivity index (χ1v) is 9.70. The monoisotopic (exact) mass is 352 g/mol. The molecule has 1 unspecified atom stereocenters. The second-order valence-corrected chi connectivity index (χ2v) is 6.88. The molecule has 5 nitrogen and oxygen atoms in total. The van der Waals surface area contributed by atoms with Crippen molar-refractivity contribution < 1.29 is 4.79 Å². The van der Waals surface area contributed by atoms with Gasteiger partial charge in [0.15, 0.2) is 5.69 Å². The Morgan fingerprint density at radius 3 is 2.73 bits per heavy atom. The lowest BCUT2D eigenvalue weighted by Gasteiger charge is -2.34. The quantitative estimate of drug-likeness (QED) is 0.767. The number of hydrogen-bond donors (Lipinski definition) is 1. The van der Waals surface area contributed by atoms with Gasteiger partial charge in [0.05, 0.1) is 0 Å². The van der Waals surface area contributed by atoms with E-state index in [1.165, 1.54) is 12.0 Å². The highest BCUT2D eigenvalue weighted by atomic mass is 16.2. The van der Waals surface area contributed by atoms with E-state index in [1.54, 1.807) is 6.07 Å². The number of nitrogens with one attached hydrogen (secondary N) is 1. The highest BCUT2D eigenvalue weighted by molar-refractivity contribution is 5.92. The lowest BCUT2D eigenvalue weighted by atomic mass is 9.99. The molecule has 0 aliphatic carbocycles. The van der Waals surface area contributed by atoms with Crippen molar-refractivity contribution in [3.8, 4) is 0 Å². The number of rotatable bonds is 7. The molecule has 1 aromatic heterocycles. The van der Waals surface area contributed by atoms with Crippen LogP contribution in [0.2, 0.25) is 0 Å². The first-order chi connectivity index (χ1) is 12.8. The number of aromatic nitrogens is 2. The Morgan fingerprint density at radius 2 is 2.00 bits per heavy atom. The van der Waals surface area contributed by atoms with Gasteiger partial charge in [-0.3, -0.25) is 4.79 Å². The van der Waals surface area contributed by atoms with E-state index in [1.807, 2.05) is 17.0 Å². The van der Waals surface area contributed by atoms with Crippen molar-refractivity contribution >= 4 is 11.7 Å². The van der Waals surface area contributed by atoms with Gasteiger partial charge in [-0.15, -0.1) is 10.2 Å². The Morgan fingerprint density at radius 1 is 1.15 bits per heavy atom. The van der Waals surface area contributed by atoms with Gasteiger partial charge in [0.25, 0.3) is 5.91 Å². The van der Waals surface area contributed by atoms with Crippen molar-refractivity contribution in [2.75, 3.05) is 18.4 Å². The Hall–Kier alpha value is -2.43. The fourth-order valence-corrected chi connectivity index (χ4v) is 3.53. The molecule has 1 aliphatic rings. The molecule has 2 heterocycles. The first-order valence-electron chi connectivity index (χ1n) is 9.70. The van der Waals surface area contributed by atoms with Gasteiger partial charge in [0.2, 0.25) is 0 Å². The second kappa shape index (κ2) is 9.32. The van der Waals surface area contributed by atoms with E-state index in [0.717, 1.165) is 51.0 Å². The van der Waals surface area contributed by atoms with Gasteiger partial charge < -0.3 is 10.2 Å². The van der Waals surface area contributed by atoms with E-state index < -0.39 is 0 Å². The predicted octanol–water partition coefficient (Wildman–Crippen LogP) is 3.93. The Labute approximate surface area is 155 Å². The molecule has 0 radical (unpaired) electrons. The largest absolute Gasteiger partial charge is 0.369 e. The first kappa shape index (κ1) is 18.4. The summed E-state index contributed by atoms with van der Waals surface area (Å²) in [6.45, 7) is 3.81. The minimum atomic E-state index is 0.0136. The molecule has 0 spiro atoms. The van der Waals surface area contributed by atoms with Crippen LogP contribution in [0.25, 0.3) is 0 Å². The fraction of sp³-hybridized carbons (Fsp3) is 0.476. The minimum absolute atomic E-state index is 0.0136. The van der Waals surface area contributed by atoms with Crippen molar-refractivity contribution in [2.45, 2.75) is 51.5 Å². The van der Waals surface area contributed by atoms with Gasteiger partial charge in [-0.1, -0.05) is 37.3 Å². The Bertz CT molecular complexity index is 687. The van der Waals surface area contributed by atoms with E-state index in [2.05, 4.69) is 46.7 Å². The van der Waals surface area contributed by atoms with Crippen molar-refractivity contribution in [2.24, 2.45) is 0 Å². The zero-order valence-electron chi connectivity index (χ0n) is 15.5. The summed E-state index contributed by atoms with van der Waals surface area (Å²) in [7, 11) is 0. The van der Waals surface area contributed by atoms with E-state index in [9.17, 15) is 4.79 Å². The highest BCUT2D eigenvalue weighted by Gasteiger charge is 2.27. The number of carbonyl (C=O) groups is 1. The highest BCUT2D eigenvalue weighted by Crippen LogP contribution is 2.21. The van der Waals surface area contributed by atoms with Crippen LogP contribution in [-0.4, -0.2) is 40.1 Å². The summed E-state index contributed by atoms with van der Waals surface area (Å²) in [6.07, 6.45) is 6.44. The van der Waals surface area contributed by atoms with Crippen molar-refractivity contribution in [3.63, 3.8) is 0 Å². The van der Waals surface area contributed by atoms with Gasteiger partial charge >= 0.3 is 0 Å². The van der Waals surface area contributed by atoms with Crippen LogP contribution in [0, 0.1) is 0 Å². The van der Waals surface area contributed by atoms with Gasteiger partial charge in [-0.25, -0.2) is 0 Å². The Balaban J connectivity index is 1.49. The van der Waals surface area contributed by atoms with Crippen molar-refractivity contribution in [1.82, 2.24) is 15.1 Å². The molecule has 138 valence electrons. The molecule has 1 aromatic carbocycles. The SMILES string of the molecule is CCC1CCCCN1C(=O)c1ccc(NCCCc2ccccc2)nn1. The van der Waals surface area contributed by atoms with Crippen molar-refractivity contribution in [1.29, 1.82) is 0 Å². The van der Waals surface area contributed by atoms with Crippen LogP contribution in [0.4, 0.5) is 5.82 Å². The third kappa shape index (κ3) is 4.81. The summed E-state index contributed by atoms with van der Waals surface area (Å²) in [5, 5.41) is 11.6. The normalized spacial score (nSPS) is 17.1. The molecule has 1 fully saturated rings. The van der Waals surface area contributed by atoms with Crippen LogP contribution in [-0.2, 0) is 6.42 Å². The molecule has 2 aromatic rings. The molecular weight excluding hydrogens is 324 g/mol. The maximum absolute atomic E-state index is 12.7. The summed E-state index contributed by atoms with van der Waals surface area (Å²) >= 11 is 0. The van der Waals surface area contributed by atoms with Crippen LogP contribution in [0.1, 0.15) is 55.1 Å². The summed E-state index contributed by atoms with van der Waals surface area (Å²) in [5.41, 5.74) is 1.79. The minimum Gasteiger partial charge on any atom is -0.369 e. The van der Waals surface area contributed by atoms with Gasteiger partial charge in [-0.05, 0) is 56.2 Å². The molecule has 5 heteroatoms. The average molecular weight is 352 g/mol. The number of likely N-dealkylation sites (tertiary alicyclic amines) is 1. The van der Waals surface area contributed by atoms with E-state index in [-0.39, 0.29) is 5.91 Å². The zero-order chi connectivity index (χ0) is 18.2. The standard InChI is InChI=1S/C21H28N4O/c1-2-18-12-6-7-16-25(18)21(26)19-13-14-20(24-23-19)22-15-8-11-17-9-4-3-5-10-17/h3-5,9-10,13-14,18H,2,6-8,11-12,15-16H2,1H3,(H,22,24). The molecule has 1 amide bonds. The van der Waals surface area contributed by atoms with E-state index in [4.69, 9.17) is 0 Å². The van der Waals surface area contributed by atoms with Crippen molar-refractivity contribution in [3.05, 3.63) is 53.7 Å². The molecule has 1 saturated heterocycles. The van der Waals surface area contributed by atoms with Crippen LogP contribution in [0.15, 0.2) is 42.5 Å². The van der Waals surface area contributed by atoms with E-state index in [0.29, 0.717) is 11.7 Å². The maximum Gasteiger partial charge on any atom is 0.274 e. The van der Waals surface area contributed by atoms with Gasteiger partial charge in [0, 0.05) is 19.1 Å². The van der Waals surface area contributed by atoms with Gasteiger partial charge in [0.1, 0.15) is 5.82 Å². The topological polar surface area (TPSA) is 58.1 Å². The second-order valence-electron chi connectivity index (χ2n) is 6.88. The van der Waals surface area contributed by atoms with Crippen LogP contribution >= 0.6 is 0 Å². The van der Waals surface area contributed by atoms with Gasteiger partial charge in [-0.2, -0.15) is 0 Å². The maximum atomic E-state index is 12.7. The lowest BCUT2D eigenvalue weighted by molar-refractivity contribution is 0.0601. The smallest absolute Gasteiger partial charge is 0.274 e. The number of nitrogens with zero attached hydrogens (tertiary/aromatic N) is 3. The predicted molar refractivity (Wildman–Crippen MR) is 104 cm³/mol. The number of carbonyl (C=O) groups excluding carboxylic acids is 1. The summed E-state index contributed by atoms with van der Waals surface area (Å²) in [6, 6.07) is 14.4. The molecule has 1 aliphatic heterocycles. The lowest BCUT2D eigenvalue weighted by Crippen LogP contribution is -2.43. The molecule has 3 rings (SSSR count). The van der Waals surface area contributed by atoms with Crippen LogP contribution < -0.4 is 5.32 Å².